The molecule has 0 saturated heterocycles. The average molecular weight is 411 g/mol. The number of hydrazone groups is 1. The second kappa shape index (κ2) is 9.74. The Morgan fingerprint density at radius 1 is 1.31 bits per heavy atom. The number of carbonyl (C=O) groups excluding carboxylic acids is 1. The smallest absolute Gasteiger partial charge is 0.271 e. The summed E-state index contributed by atoms with van der Waals surface area (Å²) in [6.07, 6.45) is 3.15. The number of nitrogens with zero attached hydrogens (tertiary/aromatic N) is 4. The molecule has 0 spiro atoms. The van der Waals surface area contributed by atoms with E-state index in [4.69, 9.17) is 4.74 Å². The fourth-order valence-corrected chi connectivity index (χ4v) is 3.26. The largest absolute Gasteiger partial charge is 0.504 e. The lowest BCUT2D eigenvalue weighted by atomic mass is 10.1. The molecule has 9 heteroatoms. The molecule has 0 fully saturated rings. The molecule has 150 valence electrons. The molecule has 0 aliphatic heterocycles. The fraction of sp³-hybridized carbons (Fsp3) is 0.200. The van der Waals surface area contributed by atoms with Crippen LogP contribution in [0.5, 0.6) is 11.5 Å². The monoisotopic (exact) mass is 411 g/mol. The maximum atomic E-state index is 12.2. The van der Waals surface area contributed by atoms with Crippen molar-refractivity contribution in [1.29, 1.82) is 0 Å². The third kappa shape index (κ3) is 5.58. The number of aromatic nitrogens is 3. The highest BCUT2D eigenvalue weighted by atomic mass is 32.2. The van der Waals surface area contributed by atoms with Crippen molar-refractivity contribution in [1.82, 2.24) is 20.2 Å². The third-order valence-electron chi connectivity index (χ3n) is 3.92. The first-order valence-corrected chi connectivity index (χ1v) is 9.90. The van der Waals surface area contributed by atoms with Gasteiger partial charge in [0.15, 0.2) is 16.7 Å². The summed E-state index contributed by atoms with van der Waals surface area (Å²) in [6.45, 7) is 2.28. The molecule has 0 bridgehead atoms. The lowest BCUT2D eigenvalue weighted by molar-refractivity contribution is 0.0955. The normalized spacial score (nSPS) is 11.0. The zero-order valence-corrected chi connectivity index (χ0v) is 16.9. The first-order chi connectivity index (χ1) is 14.1. The van der Waals surface area contributed by atoms with Crippen LogP contribution in [-0.4, -0.2) is 38.6 Å². The summed E-state index contributed by atoms with van der Waals surface area (Å²) in [6, 6.07) is 12.2. The summed E-state index contributed by atoms with van der Waals surface area (Å²) in [5.74, 6) is 0.857. The van der Waals surface area contributed by atoms with E-state index < -0.39 is 0 Å². The van der Waals surface area contributed by atoms with E-state index in [0.29, 0.717) is 23.5 Å². The SMILES string of the molecule is CCOc1cc(/C=N/NC(=O)c2ccc(CSc3nncn3C)cc2)ccc1O. The van der Waals surface area contributed by atoms with Crippen molar-refractivity contribution in [3.8, 4) is 11.5 Å². The van der Waals surface area contributed by atoms with Gasteiger partial charge in [-0.3, -0.25) is 4.79 Å². The Morgan fingerprint density at radius 2 is 2.10 bits per heavy atom. The quantitative estimate of drug-likeness (QED) is 0.336. The third-order valence-corrected chi connectivity index (χ3v) is 5.02. The number of nitrogens with one attached hydrogen (secondary N) is 1. The highest BCUT2D eigenvalue weighted by Gasteiger charge is 2.06. The Balaban J connectivity index is 1.54. The van der Waals surface area contributed by atoms with Gasteiger partial charge in [-0.1, -0.05) is 23.9 Å². The van der Waals surface area contributed by atoms with Crippen LogP contribution in [0, 0.1) is 0 Å². The molecule has 2 aromatic carbocycles. The van der Waals surface area contributed by atoms with Gasteiger partial charge in [0, 0.05) is 18.4 Å². The van der Waals surface area contributed by atoms with Crippen LogP contribution in [0.15, 0.2) is 59.0 Å². The standard InChI is InChI=1S/C20H21N5O3S/c1-3-28-18-10-15(6-9-17(18)26)11-21-23-19(27)16-7-4-14(5-8-16)12-29-20-24-22-13-25(20)2/h4-11,13,26H,3,12H2,1-2H3,(H,23,27)/b21-11+. The van der Waals surface area contributed by atoms with Gasteiger partial charge in [0.05, 0.1) is 12.8 Å². The zero-order valence-electron chi connectivity index (χ0n) is 16.1. The van der Waals surface area contributed by atoms with Gasteiger partial charge in [0.2, 0.25) is 0 Å². The number of hydrogen-bond acceptors (Lipinski definition) is 7. The molecular weight excluding hydrogens is 390 g/mol. The minimum Gasteiger partial charge on any atom is -0.504 e. The summed E-state index contributed by atoms with van der Waals surface area (Å²) >= 11 is 1.58. The minimum absolute atomic E-state index is 0.0606. The van der Waals surface area contributed by atoms with Gasteiger partial charge in [-0.15, -0.1) is 10.2 Å². The summed E-state index contributed by atoms with van der Waals surface area (Å²) in [5, 5.41) is 22.4. The molecule has 0 saturated carbocycles. The number of phenolic OH excluding ortho intramolecular Hbond substituents is 1. The molecule has 1 aromatic heterocycles. The predicted octanol–water partition coefficient (Wildman–Crippen LogP) is 2.98. The van der Waals surface area contributed by atoms with Crippen LogP contribution in [0.3, 0.4) is 0 Å². The molecule has 3 rings (SSSR count). The van der Waals surface area contributed by atoms with E-state index in [2.05, 4.69) is 20.7 Å². The highest BCUT2D eigenvalue weighted by molar-refractivity contribution is 7.98. The lowest BCUT2D eigenvalue weighted by Crippen LogP contribution is -2.17. The van der Waals surface area contributed by atoms with Gasteiger partial charge in [-0.05, 0) is 48.4 Å². The molecule has 1 amide bonds. The number of amides is 1. The molecule has 0 atom stereocenters. The van der Waals surface area contributed by atoms with Crippen molar-refractivity contribution in [3.63, 3.8) is 0 Å². The van der Waals surface area contributed by atoms with Crippen molar-refractivity contribution in [2.45, 2.75) is 17.8 Å². The molecule has 0 radical (unpaired) electrons. The first-order valence-electron chi connectivity index (χ1n) is 8.91. The van der Waals surface area contributed by atoms with E-state index in [0.717, 1.165) is 16.5 Å². The van der Waals surface area contributed by atoms with Crippen molar-refractivity contribution < 1.29 is 14.6 Å². The maximum Gasteiger partial charge on any atom is 0.271 e. The molecular formula is C20H21N5O3S. The van der Waals surface area contributed by atoms with Crippen LogP contribution in [0.4, 0.5) is 0 Å². The van der Waals surface area contributed by atoms with Gasteiger partial charge in [-0.25, -0.2) is 5.43 Å². The Morgan fingerprint density at radius 3 is 2.79 bits per heavy atom. The topological polar surface area (TPSA) is 102 Å². The van der Waals surface area contributed by atoms with E-state index in [1.54, 1.807) is 42.4 Å². The summed E-state index contributed by atoms with van der Waals surface area (Å²) in [7, 11) is 1.89. The highest BCUT2D eigenvalue weighted by Crippen LogP contribution is 2.26. The van der Waals surface area contributed by atoms with Crippen LogP contribution in [-0.2, 0) is 12.8 Å². The van der Waals surface area contributed by atoms with Crippen LogP contribution in [0.2, 0.25) is 0 Å². The fourth-order valence-electron chi connectivity index (χ4n) is 2.42. The number of benzene rings is 2. The van der Waals surface area contributed by atoms with E-state index in [1.807, 2.05) is 30.7 Å². The van der Waals surface area contributed by atoms with Crippen LogP contribution in [0.1, 0.15) is 28.4 Å². The predicted molar refractivity (Wildman–Crippen MR) is 111 cm³/mol. The second-order valence-corrected chi connectivity index (χ2v) is 7.01. The molecule has 1 heterocycles. The van der Waals surface area contributed by atoms with Gasteiger partial charge in [0.1, 0.15) is 6.33 Å². The van der Waals surface area contributed by atoms with Crippen molar-refractivity contribution >= 4 is 23.9 Å². The number of phenols is 1. The summed E-state index contributed by atoms with van der Waals surface area (Å²) in [4.78, 5) is 12.2. The Bertz CT molecular complexity index is 1000. The number of thioether (sulfide) groups is 1. The number of aryl methyl sites for hydroxylation is 1. The van der Waals surface area contributed by atoms with Crippen molar-refractivity contribution in [2.75, 3.05) is 6.61 Å². The van der Waals surface area contributed by atoms with Gasteiger partial charge >= 0.3 is 0 Å². The Hall–Kier alpha value is -3.33. The first kappa shape index (κ1) is 20.4. The van der Waals surface area contributed by atoms with Crippen LogP contribution in [0.25, 0.3) is 0 Å². The molecule has 3 aromatic rings. The Labute approximate surface area is 172 Å². The summed E-state index contributed by atoms with van der Waals surface area (Å²) in [5.41, 5.74) is 4.78. The molecule has 8 nitrogen and oxygen atoms in total. The van der Waals surface area contributed by atoms with Crippen molar-refractivity contribution in [3.05, 3.63) is 65.5 Å². The second-order valence-electron chi connectivity index (χ2n) is 6.07. The van der Waals surface area contributed by atoms with E-state index >= 15 is 0 Å². The number of aromatic hydroxyl groups is 1. The van der Waals surface area contributed by atoms with Gasteiger partial charge < -0.3 is 14.4 Å². The number of carbonyl (C=O) groups is 1. The maximum absolute atomic E-state index is 12.2. The zero-order chi connectivity index (χ0) is 20.6. The van der Waals surface area contributed by atoms with E-state index in [9.17, 15) is 9.90 Å². The number of ether oxygens (including phenoxy) is 1. The van der Waals surface area contributed by atoms with Crippen molar-refractivity contribution in [2.24, 2.45) is 12.1 Å². The van der Waals surface area contributed by atoms with Crippen LogP contribution >= 0.6 is 11.8 Å². The molecule has 0 unspecified atom stereocenters. The number of rotatable bonds is 8. The molecule has 0 aliphatic carbocycles. The van der Waals surface area contributed by atoms with E-state index in [1.165, 1.54) is 12.3 Å². The summed E-state index contributed by atoms with van der Waals surface area (Å²) < 4.78 is 7.18. The molecule has 29 heavy (non-hydrogen) atoms. The Kier molecular flexibility index (Phi) is 6.85. The number of hydrogen-bond donors (Lipinski definition) is 2. The molecule has 2 N–H and O–H groups in total. The van der Waals surface area contributed by atoms with Gasteiger partial charge in [0.25, 0.3) is 5.91 Å². The molecule has 0 aliphatic rings. The average Bonchev–Trinajstić information content (AvgIpc) is 3.14. The van der Waals surface area contributed by atoms with Crippen LogP contribution < -0.4 is 10.2 Å². The van der Waals surface area contributed by atoms with E-state index in [-0.39, 0.29) is 11.7 Å². The van der Waals surface area contributed by atoms with Gasteiger partial charge in [-0.2, -0.15) is 5.10 Å². The lowest BCUT2D eigenvalue weighted by Gasteiger charge is -2.06. The minimum atomic E-state index is -0.308.